The number of aliphatic carboxylic acids is 1. The van der Waals surface area contributed by atoms with Gasteiger partial charge in [0.25, 0.3) is 0 Å². The SMILES string of the molecule is CCS(=O)CCNC(=O)N(C)C(C)(C)C(=O)O. The third-order valence-electron chi connectivity index (χ3n) is 2.59. The summed E-state index contributed by atoms with van der Waals surface area (Å²) in [7, 11) is 0.481. The third-order valence-corrected chi connectivity index (χ3v) is 3.90. The topological polar surface area (TPSA) is 86.7 Å². The van der Waals surface area contributed by atoms with E-state index in [-0.39, 0.29) is 6.54 Å². The lowest BCUT2D eigenvalue weighted by atomic mass is 10.1. The van der Waals surface area contributed by atoms with E-state index in [0.29, 0.717) is 11.5 Å². The molecule has 0 bridgehead atoms. The van der Waals surface area contributed by atoms with E-state index in [2.05, 4.69) is 5.32 Å². The molecule has 0 saturated carbocycles. The summed E-state index contributed by atoms with van der Waals surface area (Å²) < 4.78 is 11.1. The third kappa shape index (κ3) is 4.72. The molecule has 0 aromatic carbocycles. The van der Waals surface area contributed by atoms with E-state index >= 15 is 0 Å². The number of carboxylic acid groups (broad SMARTS) is 1. The average Bonchev–Trinajstić information content (AvgIpc) is 2.27. The number of nitrogens with one attached hydrogen (secondary N) is 1. The summed E-state index contributed by atoms with van der Waals surface area (Å²) in [6, 6.07) is -0.481. The largest absolute Gasteiger partial charge is 0.480 e. The lowest BCUT2D eigenvalue weighted by Gasteiger charge is -2.31. The van der Waals surface area contributed by atoms with Crippen LogP contribution in [0.15, 0.2) is 0 Å². The van der Waals surface area contributed by atoms with E-state index in [1.165, 1.54) is 20.9 Å². The van der Waals surface area contributed by atoms with Gasteiger partial charge >= 0.3 is 12.0 Å². The molecule has 2 N–H and O–H groups in total. The number of carbonyl (C=O) groups excluding carboxylic acids is 1. The molecule has 0 aliphatic carbocycles. The summed E-state index contributed by atoms with van der Waals surface area (Å²) in [5, 5.41) is 11.5. The fraction of sp³-hybridized carbons (Fsp3) is 0.800. The number of urea groups is 1. The molecule has 0 heterocycles. The molecule has 7 heteroatoms. The summed E-state index contributed by atoms with van der Waals surface area (Å²) in [6.07, 6.45) is 0. The van der Waals surface area contributed by atoms with Crippen molar-refractivity contribution in [2.75, 3.05) is 25.1 Å². The minimum Gasteiger partial charge on any atom is -0.480 e. The van der Waals surface area contributed by atoms with Crippen LogP contribution in [0.3, 0.4) is 0 Å². The summed E-state index contributed by atoms with van der Waals surface area (Å²) in [4.78, 5) is 23.7. The average molecular weight is 264 g/mol. The first-order valence-electron chi connectivity index (χ1n) is 5.33. The quantitative estimate of drug-likeness (QED) is 0.720. The highest BCUT2D eigenvalue weighted by Gasteiger charge is 2.35. The second-order valence-corrected chi connectivity index (χ2v) is 5.95. The Bertz CT molecular complexity index is 317. The van der Waals surface area contributed by atoms with Gasteiger partial charge in [-0.25, -0.2) is 9.59 Å². The van der Waals surface area contributed by atoms with E-state index in [9.17, 15) is 13.8 Å². The monoisotopic (exact) mass is 264 g/mol. The maximum atomic E-state index is 11.6. The zero-order valence-electron chi connectivity index (χ0n) is 10.6. The Hall–Kier alpha value is -1.11. The Morgan fingerprint density at radius 3 is 2.35 bits per heavy atom. The number of likely N-dealkylation sites (N-methyl/N-ethyl adjacent to an activating group) is 1. The van der Waals surface area contributed by atoms with E-state index in [0.717, 1.165) is 4.90 Å². The normalized spacial score (nSPS) is 12.9. The second kappa shape index (κ2) is 6.58. The van der Waals surface area contributed by atoms with Gasteiger partial charge in [-0.1, -0.05) is 6.92 Å². The molecule has 0 rings (SSSR count). The molecular formula is C10H20N2O4S. The van der Waals surface area contributed by atoms with Gasteiger partial charge in [-0.05, 0) is 13.8 Å². The van der Waals surface area contributed by atoms with Crippen LogP contribution in [0, 0.1) is 0 Å². The molecule has 100 valence electrons. The molecule has 0 aromatic heterocycles. The molecule has 0 radical (unpaired) electrons. The van der Waals surface area contributed by atoms with E-state index in [4.69, 9.17) is 5.11 Å². The molecule has 0 spiro atoms. The van der Waals surface area contributed by atoms with Crippen LogP contribution in [-0.4, -0.2) is 56.9 Å². The van der Waals surface area contributed by atoms with Crippen molar-refractivity contribution in [1.29, 1.82) is 0 Å². The molecule has 17 heavy (non-hydrogen) atoms. The standard InChI is InChI=1S/C10H20N2O4S/c1-5-17(16)7-6-11-9(15)12(4)10(2,3)8(13)14/h5-7H2,1-4H3,(H,11,15)(H,13,14). The number of hydrogen-bond acceptors (Lipinski definition) is 3. The molecule has 6 nitrogen and oxygen atoms in total. The van der Waals surface area contributed by atoms with Crippen molar-refractivity contribution >= 4 is 22.8 Å². The zero-order chi connectivity index (χ0) is 13.6. The van der Waals surface area contributed by atoms with Crippen molar-refractivity contribution in [2.45, 2.75) is 26.3 Å². The van der Waals surface area contributed by atoms with Crippen molar-refractivity contribution in [3.05, 3.63) is 0 Å². The van der Waals surface area contributed by atoms with Gasteiger partial charge in [-0.15, -0.1) is 0 Å². The van der Waals surface area contributed by atoms with Crippen molar-refractivity contribution in [1.82, 2.24) is 10.2 Å². The van der Waals surface area contributed by atoms with Crippen LogP contribution in [0.4, 0.5) is 4.79 Å². The van der Waals surface area contributed by atoms with Gasteiger partial charge in [0.05, 0.1) is 0 Å². The molecule has 0 aliphatic heterocycles. The predicted octanol–water partition coefficient (Wildman–Crippen LogP) is 0.260. The minimum atomic E-state index is -1.27. The molecule has 2 amide bonds. The summed E-state index contributed by atoms with van der Waals surface area (Å²) in [6.45, 7) is 4.97. The van der Waals surface area contributed by atoms with Gasteiger partial charge in [0.2, 0.25) is 0 Å². The highest BCUT2D eigenvalue weighted by atomic mass is 32.2. The van der Waals surface area contributed by atoms with Gasteiger partial charge in [0.15, 0.2) is 0 Å². The Morgan fingerprint density at radius 2 is 1.94 bits per heavy atom. The van der Waals surface area contributed by atoms with Gasteiger partial charge in [-0.3, -0.25) is 4.21 Å². The second-order valence-electron chi connectivity index (χ2n) is 4.09. The first-order chi connectivity index (χ1) is 7.73. The highest BCUT2D eigenvalue weighted by Crippen LogP contribution is 2.11. The van der Waals surface area contributed by atoms with E-state index < -0.39 is 28.3 Å². The van der Waals surface area contributed by atoms with E-state index in [1.54, 1.807) is 6.92 Å². The van der Waals surface area contributed by atoms with Gasteiger partial charge < -0.3 is 15.3 Å². The smallest absolute Gasteiger partial charge is 0.329 e. The Labute approximate surface area is 104 Å². The molecule has 0 fully saturated rings. The Morgan fingerprint density at radius 1 is 1.41 bits per heavy atom. The number of hydrogen-bond donors (Lipinski definition) is 2. The summed E-state index contributed by atoms with van der Waals surface area (Å²) >= 11 is 0. The van der Waals surface area contributed by atoms with Crippen LogP contribution in [0.1, 0.15) is 20.8 Å². The number of carbonyl (C=O) groups is 2. The summed E-state index contributed by atoms with van der Waals surface area (Å²) in [5.41, 5.74) is -1.27. The highest BCUT2D eigenvalue weighted by molar-refractivity contribution is 7.84. The van der Waals surface area contributed by atoms with Crippen LogP contribution >= 0.6 is 0 Å². The first kappa shape index (κ1) is 15.9. The maximum absolute atomic E-state index is 11.6. The molecular weight excluding hydrogens is 244 g/mol. The zero-order valence-corrected chi connectivity index (χ0v) is 11.5. The summed E-state index contributed by atoms with van der Waals surface area (Å²) in [5.74, 6) is -0.150. The molecule has 1 unspecified atom stereocenters. The van der Waals surface area contributed by atoms with Crippen LogP contribution in [-0.2, 0) is 15.6 Å². The number of nitrogens with zero attached hydrogens (tertiary/aromatic N) is 1. The van der Waals surface area contributed by atoms with Crippen LogP contribution in [0.2, 0.25) is 0 Å². The molecule has 0 aliphatic rings. The lowest BCUT2D eigenvalue weighted by Crippen LogP contribution is -2.54. The van der Waals surface area contributed by atoms with Gasteiger partial charge in [0, 0.05) is 35.9 Å². The number of rotatable bonds is 6. The number of carboxylic acids is 1. The molecule has 0 aromatic rings. The predicted molar refractivity (Wildman–Crippen MR) is 66.4 cm³/mol. The lowest BCUT2D eigenvalue weighted by molar-refractivity contribution is -0.146. The minimum absolute atomic E-state index is 0.277. The fourth-order valence-corrected chi connectivity index (χ4v) is 1.55. The van der Waals surface area contributed by atoms with Crippen molar-refractivity contribution < 1.29 is 18.9 Å². The molecule has 1 atom stereocenters. The van der Waals surface area contributed by atoms with Crippen molar-refractivity contribution in [3.63, 3.8) is 0 Å². The molecule has 0 saturated heterocycles. The van der Waals surface area contributed by atoms with Crippen LogP contribution in [0.25, 0.3) is 0 Å². The first-order valence-corrected chi connectivity index (χ1v) is 6.82. The van der Waals surface area contributed by atoms with Crippen molar-refractivity contribution in [2.24, 2.45) is 0 Å². The number of amides is 2. The van der Waals surface area contributed by atoms with Crippen molar-refractivity contribution in [3.8, 4) is 0 Å². The van der Waals surface area contributed by atoms with Crippen LogP contribution < -0.4 is 5.32 Å². The van der Waals surface area contributed by atoms with E-state index in [1.807, 2.05) is 0 Å². The van der Waals surface area contributed by atoms with Crippen LogP contribution in [0.5, 0.6) is 0 Å². The fourth-order valence-electron chi connectivity index (χ4n) is 0.932. The Kier molecular flexibility index (Phi) is 6.15. The van der Waals surface area contributed by atoms with Gasteiger partial charge in [0.1, 0.15) is 5.54 Å². The van der Waals surface area contributed by atoms with Gasteiger partial charge in [-0.2, -0.15) is 0 Å². The maximum Gasteiger partial charge on any atom is 0.329 e. The Balaban J connectivity index is 4.24.